The summed E-state index contributed by atoms with van der Waals surface area (Å²) in [5.41, 5.74) is 0. The molecule has 0 aromatic carbocycles. The van der Waals surface area contributed by atoms with Crippen molar-refractivity contribution in [2.24, 2.45) is 0 Å². The number of hydrogen-bond donors (Lipinski definition) is 0. The van der Waals surface area contributed by atoms with Crippen LogP contribution in [0.1, 0.15) is 23.1 Å². The van der Waals surface area contributed by atoms with Crippen LogP contribution in [0, 0.1) is 6.92 Å². The topological polar surface area (TPSA) is 17.1 Å². The second-order valence-electron chi connectivity index (χ2n) is 2.98. The summed E-state index contributed by atoms with van der Waals surface area (Å²) in [5, 5.41) is 0.199. The van der Waals surface area contributed by atoms with E-state index in [0.717, 1.165) is 12.2 Å². The number of allylic oxidation sites excluding steroid dienone is 1. The van der Waals surface area contributed by atoms with E-state index in [1.54, 1.807) is 18.3 Å². The molecule has 14 heavy (non-hydrogen) atoms. The van der Waals surface area contributed by atoms with E-state index >= 15 is 0 Å². The van der Waals surface area contributed by atoms with Gasteiger partial charge in [-0.1, -0.05) is 17.8 Å². The molecule has 0 saturated carbocycles. The van der Waals surface area contributed by atoms with Crippen LogP contribution in [0.25, 0.3) is 6.08 Å². The number of rotatable bonds is 4. The zero-order valence-electron chi connectivity index (χ0n) is 8.45. The van der Waals surface area contributed by atoms with Gasteiger partial charge in [0.05, 0.1) is 0 Å². The lowest BCUT2D eigenvalue weighted by Gasteiger charge is -1.90. The molecule has 0 aliphatic heterocycles. The Balaban J connectivity index is 2.24. The fourth-order valence-corrected chi connectivity index (χ4v) is 2.36. The van der Waals surface area contributed by atoms with Gasteiger partial charge in [0.25, 0.3) is 0 Å². The predicted molar refractivity (Wildman–Crippen MR) is 65.8 cm³/mol. The molecule has 0 radical (unpaired) electrons. The Morgan fingerprint density at radius 2 is 2.36 bits per heavy atom. The van der Waals surface area contributed by atoms with Gasteiger partial charge in [-0.05, 0) is 31.6 Å². The Morgan fingerprint density at radius 1 is 1.57 bits per heavy atom. The minimum absolute atomic E-state index is 0.199. The van der Waals surface area contributed by atoms with Crippen LogP contribution in [0.2, 0.25) is 0 Å². The standard InChI is InChI=1S/C11H14OS2/c1-9-6-7-11(14-9)5-3-4-8-13-10(2)12/h3,5-7H,4,8H2,1-2H3. The Kier molecular flexibility index (Phi) is 4.98. The van der Waals surface area contributed by atoms with Crippen molar-refractivity contribution in [1.29, 1.82) is 0 Å². The summed E-state index contributed by atoms with van der Waals surface area (Å²) >= 11 is 3.18. The van der Waals surface area contributed by atoms with E-state index in [4.69, 9.17) is 0 Å². The first-order chi connectivity index (χ1) is 6.68. The van der Waals surface area contributed by atoms with E-state index in [0.29, 0.717) is 0 Å². The minimum Gasteiger partial charge on any atom is -0.288 e. The summed E-state index contributed by atoms with van der Waals surface area (Å²) in [6, 6.07) is 4.24. The van der Waals surface area contributed by atoms with Gasteiger partial charge in [0.15, 0.2) is 5.12 Å². The molecule has 0 aliphatic carbocycles. The summed E-state index contributed by atoms with van der Waals surface area (Å²) in [5.74, 6) is 0.885. The third kappa shape index (κ3) is 4.63. The van der Waals surface area contributed by atoms with E-state index in [9.17, 15) is 4.79 Å². The molecular weight excluding hydrogens is 212 g/mol. The third-order valence-corrected chi connectivity index (χ3v) is 3.45. The van der Waals surface area contributed by atoms with Crippen molar-refractivity contribution < 1.29 is 4.79 Å². The molecule has 1 aromatic heterocycles. The summed E-state index contributed by atoms with van der Waals surface area (Å²) in [6.07, 6.45) is 5.21. The van der Waals surface area contributed by atoms with Crippen LogP contribution < -0.4 is 0 Å². The van der Waals surface area contributed by atoms with Gasteiger partial charge in [0, 0.05) is 22.4 Å². The van der Waals surface area contributed by atoms with Gasteiger partial charge in [-0.2, -0.15) is 0 Å². The second-order valence-corrected chi connectivity index (χ2v) is 5.57. The monoisotopic (exact) mass is 226 g/mol. The average Bonchev–Trinajstić information content (AvgIpc) is 2.50. The van der Waals surface area contributed by atoms with Crippen molar-refractivity contribution >= 4 is 34.3 Å². The van der Waals surface area contributed by atoms with Crippen LogP contribution in [0.4, 0.5) is 0 Å². The van der Waals surface area contributed by atoms with Crippen LogP contribution in [-0.4, -0.2) is 10.9 Å². The fourth-order valence-electron chi connectivity index (χ4n) is 1.01. The van der Waals surface area contributed by atoms with Crippen molar-refractivity contribution in [2.75, 3.05) is 5.75 Å². The number of carbonyl (C=O) groups excluding carboxylic acids is 1. The molecule has 0 spiro atoms. The van der Waals surface area contributed by atoms with Gasteiger partial charge in [-0.3, -0.25) is 4.79 Å². The highest BCUT2D eigenvalue weighted by Crippen LogP contribution is 2.16. The quantitative estimate of drug-likeness (QED) is 0.727. The molecule has 0 fully saturated rings. The molecular formula is C11H14OS2. The van der Waals surface area contributed by atoms with E-state index in [1.165, 1.54) is 21.5 Å². The first-order valence-corrected chi connectivity index (χ1v) is 6.35. The first kappa shape index (κ1) is 11.5. The van der Waals surface area contributed by atoms with Crippen molar-refractivity contribution in [1.82, 2.24) is 0 Å². The second kappa shape index (κ2) is 6.04. The normalized spacial score (nSPS) is 11.0. The maximum absolute atomic E-state index is 10.6. The maximum atomic E-state index is 10.6. The molecule has 0 saturated heterocycles. The molecule has 1 aromatic rings. The molecule has 1 rings (SSSR count). The average molecular weight is 226 g/mol. The lowest BCUT2D eigenvalue weighted by molar-refractivity contribution is -0.109. The molecule has 0 N–H and O–H groups in total. The summed E-state index contributed by atoms with van der Waals surface area (Å²) in [6.45, 7) is 3.71. The first-order valence-electron chi connectivity index (χ1n) is 4.55. The maximum Gasteiger partial charge on any atom is 0.185 e. The summed E-state index contributed by atoms with van der Waals surface area (Å²) in [7, 11) is 0. The highest BCUT2D eigenvalue weighted by Gasteiger charge is 1.92. The zero-order valence-corrected chi connectivity index (χ0v) is 10.1. The summed E-state index contributed by atoms with van der Waals surface area (Å²) < 4.78 is 0. The van der Waals surface area contributed by atoms with E-state index in [2.05, 4.69) is 31.2 Å². The van der Waals surface area contributed by atoms with Gasteiger partial charge in [-0.25, -0.2) is 0 Å². The lowest BCUT2D eigenvalue weighted by Crippen LogP contribution is -1.83. The van der Waals surface area contributed by atoms with Crippen molar-refractivity contribution in [3.05, 3.63) is 28.0 Å². The highest BCUT2D eigenvalue weighted by atomic mass is 32.2. The number of thioether (sulfide) groups is 1. The molecule has 0 aliphatic rings. The SMILES string of the molecule is CC(=O)SCCC=Cc1ccc(C)s1. The molecule has 0 atom stereocenters. The van der Waals surface area contributed by atoms with Crippen molar-refractivity contribution in [3.8, 4) is 0 Å². The van der Waals surface area contributed by atoms with E-state index in [-0.39, 0.29) is 5.12 Å². The molecule has 0 amide bonds. The van der Waals surface area contributed by atoms with E-state index in [1.807, 2.05) is 0 Å². The fraction of sp³-hybridized carbons (Fsp3) is 0.364. The Labute approximate surface area is 93.2 Å². The van der Waals surface area contributed by atoms with E-state index < -0.39 is 0 Å². The molecule has 76 valence electrons. The number of carbonyl (C=O) groups is 1. The van der Waals surface area contributed by atoms with Gasteiger partial charge >= 0.3 is 0 Å². The van der Waals surface area contributed by atoms with Gasteiger partial charge in [0.1, 0.15) is 0 Å². The Hall–Kier alpha value is -0.540. The smallest absolute Gasteiger partial charge is 0.185 e. The predicted octanol–water partition coefficient (Wildman–Crippen LogP) is 3.74. The zero-order chi connectivity index (χ0) is 10.4. The molecule has 0 bridgehead atoms. The van der Waals surface area contributed by atoms with Crippen molar-refractivity contribution in [2.45, 2.75) is 20.3 Å². The lowest BCUT2D eigenvalue weighted by atomic mass is 10.3. The number of aryl methyl sites for hydroxylation is 1. The molecule has 1 nitrogen and oxygen atoms in total. The minimum atomic E-state index is 0.199. The largest absolute Gasteiger partial charge is 0.288 e. The molecule has 0 unspecified atom stereocenters. The Bertz CT molecular complexity index is 326. The van der Waals surface area contributed by atoms with Gasteiger partial charge in [-0.15, -0.1) is 11.3 Å². The van der Waals surface area contributed by atoms with Crippen LogP contribution in [0.5, 0.6) is 0 Å². The van der Waals surface area contributed by atoms with Gasteiger partial charge in [0.2, 0.25) is 0 Å². The Morgan fingerprint density at radius 3 is 2.93 bits per heavy atom. The number of hydrogen-bond acceptors (Lipinski definition) is 3. The third-order valence-electron chi connectivity index (χ3n) is 1.63. The van der Waals surface area contributed by atoms with Crippen LogP contribution >= 0.6 is 23.1 Å². The van der Waals surface area contributed by atoms with Crippen molar-refractivity contribution in [3.63, 3.8) is 0 Å². The number of thiophene rings is 1. The summed E-state index contributed by atoms with van der Waals surface area (Å²) in [4.78, 5) is 13.2. The molecule has 1 heterocycles. The molecule has 3 heteroatoms. The highest BCUT2D eigenvalue weighted by molar-refractivity contribution is 8.13. The van der Waals surface area contributed by atoms with Gasteiger partial charge < -0.3 is 0 Å². The van der Waals surface area contributed by atoms with Crippen LogP contribution in [0.3, 0.4) is 0 Å². The van der Waals surface area contributed by atoms with Crippen LogP contribution in [-0.2, 0) is 4.79 Å². The van der Waals surface area contributed by atoms with Crippen LogP contribution in [0.15, 0.2) is 18.2 Å².